The number of rotatable bonds is 7. The van der Waals surface area contributed by atoms with Gasteiger partial charge in [-0.3, -0.25) is 9.59 Å². The van der Waals surface area contributed by atoms with Gasteiger partial charge in [0.15, 0.2) is 0 Å². The van der Waals surface area contributed by atoms with Crippen molar-refractivity contribution < 1.29 is 32.6 Å². The minimum absolute atomic E-state index is 0.299. The zero-order valence-electron chi connectivity index (χ0n) is 21.6. The SMILES string of the molecule is CC1C[C@H](C)C[C@@](C)(n2c(Nc3ccc(OC(F)(F)F)cc3)nc3ccc(C(=O)N[C@H](C)C(=O)O)cc32)C1. The van der Waals surface area contributed by atoms with Crippen molar-refractivity contribution in [2.24, 2.45) is 11.8 Å². The van der Waals surface area contributed by atoms with Crippen LogP contribution in [0, 0.1) is 11.8 Å². The van der Waals surface area contributed by atoms with Crippen LogP contribution < -0.4 is 15.4 Å². The van der Waals surface area contributed by atoms with Gasteiger partial charge in [-0.1, -0.05) is 13.8 Å². The average Bonchev–Trinajstić information content (AvgIpc) is 3.16. The summed E-state index contributed by atoms with van der Waals surface area (Å²) in [7, 11) is 0. The van der Waals surface area contributed by atoms with Crippen LogP contribution in [0.25, 0.3) is 11.0 Å². The van der Waals surface area contributed by atoms with Gasteiger partial charge in [0.25, 0.3) is 5.91 Å². The number of carbonyl (C=O) groups is 2. The number of nitrogens with one attached hydrogen (secondary N) is 2. The van der Waals surface area contributed by atoms with Gasteiger partial charge in [0.2, 0.25) is 5.95 Å². The summed E-state index contributed by atoms with van der Waals surface area (Å²) in [5, 5.41) is 14.9. The molecule has 4 atom stereocenters. The number of carbonyl (C=O) groups excluding carboxylic acids is 1. The molecule has 1 amide bonds. The molecule has 0 spiro atoms. The lowest BCUT2D eigenvalue weighted by molar-refractivity contribution is -0.274. The molecule has 0 bridgehead atoms. The summed E-state index contributed by atoms with van der Waals surface area (Å²) in [6.45, 7) is 7.93. The maximum Gasteiger partial charge on any atom is 0.573 e. The molecule has 1 aromatic heterocycles. The number of carboxylic acids is 1. The van der Waals surface area contributed by atoms with E-state index < -0.39 is 24.3 Å². The molecule has 2 aromatic carbocycles. The van der Waals surface area contributed by atoms with Crippen LogP contribution in [-0.4, -0.2) is 38.9 Å². The van der Waals surface area contributed by atoms with E-state index in [2.05, 4.69) is 40.7 Å². The van der Waals surface area contributed by atoms with E-state index in [9.17, 15) is 22.8 Å². The third-order valence-electron chi connectivity index (χ3n) is 6.90. The van der Waals surface area contributed by atoms with Crippen LogP contribution in [0.3, 0.4) is 0 Å². The summed E-state index contributed by atoms with van der Waals surface area (Å²) in [5.41, 5.74) is 1.78. The second-order valence-corrected chi connectivity index (χ2v) is 10.6. The van der Waals surface area contributed by atoms with Crippen LogP contribution in [-0.2, 0) is 10.3 Å². The molecule has 1 fully saturated rings. The molecule has 1 unspecified atom stereocenters. The Morgan fingerprint density at radius 3 is 2.34 bits per heavy atom. The lowest BCUT2D eigenvalue weighted by atomic mass is 9.72. The molecule has 3 aromatic rings. The Labute approximate surface area is 218 Å². The lowest BCUT2D eigenvalue weighted by Crippen LogP contribution is -2.39. The van der Waals surface area contributed by atoms with Crippen molar-refractivity contribution in [1.82, 2.24) is 14.9 Å². The minimum Gasteiger partial charge on any atom is -0.480 e. The number of ether oxygens (including phenoxy) is 1. The standard InChI is InChI=1S/C27H31F3N4O4/c1-15-11-16(2)14-26(4,13-15)34-22-12-18(23(35)31-17(3)24(36)37)5-10-21(22)33-25(34)32-19-6-8-20(9-7-19)38-27(28,29)30/h5-10,12,15-17H,11,13-14H2,1-4H3,(H,31,35)(H,32,33)(H,36,37)/t15-,16?,17+,26+/m0/s1. The summed E-state index contributed by atoms with van der Waals surface area (Å²) >= 11 is 0. The summed E-state index contributed by atoms with van der Waals surface area (Å²) in [6.07, 6.45) is -1.96. The number of aliphatic carboxylic acids is 1. The second kappa shape index (κ2) is 10.2. The normalized spacial score (nSPS) is 22.6. The van der Waals surface area contributed by atoms with Gasteiger partial charge in [0, 0.05) is 16.8 Å². The molecule has 0 aliphatic heterocycles. The Bertz CT molecular complexity index is 1330. The fourth-order valence-corrected chi connectivity index (χ4v) is 5.68. The van der Waals surface area contributed by atoms with Crippen molar-refractivity contribution in [2.75, 3.05) is 5.32 Å². The van der Waals surface area contributed by atoms with Gasteiger partial charge in [-0.15, -0.1) is 13.2 Å². The number of halogens is 3. The van der Waals surface area contributed by atoms with E-state index in [0.29, 0.717) is 40.1 Å². The Hall–Kier alpha value is -3.76. The highest BCUT2D eigenvalue weighted by atomic mass is 19.4. The topological polar surface area (TPSA) is 105 Å². The van der Waals surface area contributed by atoms with Crippen LogP contribution in [0.15, 0.2) is 42.5 Å². The highest BCUT2D eigenvalue weighted by Gasteiger charge is 2.38. The number of fused-ring (bicyclic) bond motifs is 1. The zero-order valence-corrected chi connectivity index (χ0v) is 21.6. The molecule has 1 heterocycles. The molecule has 204 valence electrons. The minimum atomic E-state index is -4.78. The van der Waals surface area contributed by atoms with Gasteiger partial charge in [0.1, 0.15) is 11.8 Å². The van der Waals surface area contributed by atoms with Crippen molar-refractivity contribution in [3.05, 3.63) is 48.0 Å². The molecule has 38 heavy (non-hydrogen) atoms. The number of carboxylic acid groups (broad SMARTS) is 1. The van der Waals surface area contributed by atoms with Crippen molar-refractivity contribution in [1.29, 1.82) is 0 Å². The Kier molecular flexibility index (Phi) is 7.31. The number of hydrogen-bond donors (Lipinski definition) is 3. The summed E-state index contributed by atoms with van der Waals surface area (Å²) < 4.78 is 43.7. The summed E-state index contributed by atoms with van der Waals surface area (Å²) in [4.78, 5) is 28.8. The first kappa shape index (κ1) is 27.3. The zero-order chi connectivity index (χ0) is 27.8. The maximum atomic E-state index is 12.8. The van der Waals surface area contributed by atoms with Crippen LogP contribution >= 0.6 is 0 Å². The first-order valence-corrected chi connectivity index (χ1v) is 12.4. The van der Waals surface area contributed by atoms with E-state index in [4.69, 9.17) is 10.1 Å². The Morgan fingerprint density at radius 1 is 1.13 bits per heavy atom. The third kappa shape index (κ3) is 6.03. The monoisotopic (exact) mass is 532 g/mol. The number of imidazole rings is 1. The molecular weight excluding hydrogens is 501 g/mol. The van der Waals surface area contributed by atoms with Gasteiger partial charge >= 0.3 is 12.3 Å². The molecular formula is C27H31F3N4O4. The number of nitrogens with zero attached hydrogens (tertiary/aromatic N) is 2. The van der Waals surface area contributed by atoms with Gasteiger partial charge in [-0.2, -0.15) is 0 Å². The number of hydrogen-bond acceptors (Lipinski definition) is 5. The Morgan fingerprint density at radius 2 is 1.76 bits per heavy atom. The van der Waals surface area contributed by atoms with E-state index in [1.807, 2.05) is 0 Å². The third-order valence-corrected chi connectivity index (χ3v) is 6.90. The maximum absolute atomic E-state index is 12.8. The highest BCUT2D eigenvalue weighted by Crippen LogP contribution is 2.44. The summed E-state index contributed by atoms with van der Waals surface area (Å²) in [5.74, 6) is -0.610. The first-order chi connectivity index (χ1) is 17.7. The predicted octanol–water partition coefficient (Wildman–Crippen LogP) is 6.05. The van der Waals surface area contributed by atoms with Gasteiger partial charge in [0.05, 0.1) is 11.0 Å². The van der Waals surface area contributed by atoms with Gasteiger partial charge < -0.3 is 25.0 Å². The van der Waals surface area contributed by atoms with Gasteiger partial charge in [-0.25, -0.2) is 4.98 Å². The molecule has 11 heteroatoms. The van der Waals surface area contributed by atoms with Crippen LogP contribution in [0.4, 0.5) is 24.8 Å². The van der Waals surface area contributed by atoms with E-state index in [0.717, 1.165) is 19.3 Å². The number of aromatic nitrogens is 2. The second-order valence-electron chi connectivity index (χ2n) is 10.6. The predicted molar refractivity (Wildman–Crippen MR) is 137 cm³/mol. The van der Waals surface area contributed by atoms with E-state index >= 15 is 0 Å². The molecule has 4 rings (SSSR count). The Balaban J connectivity index is 1.76. The lowest BCUT2D eigenvalue weighted by Gasteiger charge is -2.42. The largest absolute Gasteiger partial charge is 0.573 e. The van der Waals surface area contributed by atoms with E-state index in [1.165, 1.54) is 31.2 Å². The number of alkyl halides is 3. The van der Waals surface area contributed by atoms with Crippen LogP contribution in [0.1, 0.15) is 57.3 Å². The van der Waals surface area contributed by atoms with Gasteiger partial charge in [-0.05, 0) is 87.4 Å². The molecule has 1 aliphatic carbocycles. The summed E-state index contributed by atoms with van der Waals surface area (Å²) in [6, 6.07) is 9.34. The first-order valence-electron chi connectivity index (χ1n) is 12.4. The quantitative estimate of drug-likeness (QED) is 0.342. The van der Waals surface area contributed by atoms with E-state index in [1.54, 1.807) is 18.2 Å². The molecule has 8 nitrogen and oxygen atoms in total. The molecule has 0 radical (unpaired) electrons. The fraction of sp³-hybridized carbons (Fsp3) is 0.444. The molecule has 0 saturated heterocycles. The molecule has 3 N–H and O–H groups in total. The van der Waals surface area contributed by atoms with Crippen molar-refractivity contribution >= 4 is 34.5 Å². The highest BCUT2D eigenvalue weighted by molar-refractivity contribution is 5.99. The van der Waals surface area contributed by atoms with Crippen molar-refractivity contribution in [3.63, 3.8) is 0 Å². The van der Waals surface area contributed by atoms with E-state index in [-0.39, 0.29) is 11.3 Å². The fourth-order valence-electron chi connectivity index (χ4n) is 5.68. The molecule has 1 saturated carbocycles. The number of benzene rings is 2. The number of anilines is 2. The smallest absolute Gasteiger partial charge is 0.480 e. The van der Waals surface area contributed by atoms with Crippen molar-refractivity contribution in [2.45, 2.75) is 64.9 Å². The average molecular weight is 533 g/mol. The van der Waals surface area contributed by atoms with Crippen LogP contribution in [0.5, 0.6) is 5.75 Å². The molecule has 1 aliphatic rings. The van der Waals surface area contributed by atoms with Crippen LogP contribution in [0.2, 0.25) is 0 Å². The number of amides is 1. The van der Waals surface area contributed by atoms with Crippen molar-refractivity contribution in [3.8, 4) is 5.75 Å².